The molecule has 1 aromatic rings. The minimum Gasteiger partial charge on any atom is -0.468 e. The van der Waals surface area contributed by atoms with Crippen LogP contribution in [0.3, 0.4) is 0 Å². The Kier molecular flexibility index (Phi) is 7.39. The molecule has 0 unspecified atom stereocenters. The third-order valence-corrected chi connectivity index (χ3v) is 6.97. The first kappa shape index (κ1) is 22.9. The van der Waals surface area contributed by atoms with E-state index in [0.29, 0.717) is 10.6 Å². The molecule has 2 aliphatic heterocycles. The van der Waals surface area contributed by atoms with Crippen LogP contribution in [0.2, 0.25) is 0 Å². The Morgan fingerprint density at radius 1 is 1.23 bits per heavy atom. The van der Waals surface area contributed by atoms with E-state index >= 15 is 0 Å². The van der Waals surface area contributed by atoms with Gasteiger partial charge in [-0.1, -0.05) is 42.1 Å². The predicted octanol–water partition coefficient (Wildman–Crippen LogP) is 2.95. The molecule has 4 atom stereocenters. The summed E-state index contributed by atoms with van der Waals surface area (Å²) in [7, 11) is 1.22. The van der Waals surface area contributed by atoms with Crippen LogP contribution < -0.4 is 5.32 Å². The maximum absolute atomic E-state index is 12.9. The fourth-order valence-corrected chi connectivity index (χ4v) is 5.38. The lowest BCUT2D eigenvalue weighted by molar-refractivity contribution is -0.150. The van der Waals surface area contributed by atoms with Crippen molar-refractivity contribution in [3.63, 3.8) is 0 Å². The summed E-state index contributed by atoms with van der Waals surface area (Å²) in [6.45, 7) is 4.10. The third kappa shape index (κ3) is 4.77. The fraction of sp³-hybridized carbons (Fsp3) is 0.478. The number of carbonyl (C=O) groups excluding carboxylic acids is 3. The van der Waals surface area contributed by atoms with E-state index in [2.05, 4.69) is 11.4 Å². The van der Waals surface area contributed by atoms with Crippen LogP contribution in [0.4, 0.5) is 0 Å². The second-order valence-electron chi connectivity index (χ2n) is 7.95. The standard InChI is InChI=1S/C23H27N3O4S/c1-14-8-7-9-15(2)26(14)18(27)13-31-22-17(12-24)19(16-10-5-4-6-11-16)20(21(28)25-22)23(29)30-3/h4-6,10-11,14-15,19-20H,7-9,13H2,1-3H3,(H,25,28)/t14-,15-,19-,20+/m1/s1. The molecule has 1 fully saturated rings. The van der Waals surface area contributed by atoms with Crippen molar-refractivity contribution < 1.29 is 19.1 Å². The second kappa shape index (κ2) is 10.0. The molecule has 164 valence electrons. The van der Waals surface area contributed by atoms with Gasteiger partial charge in [0.15, 0.2) is 0 Å². The van der Waals surface area contributed by atoms with Gasteiger partial charge in [-0.05, 0) is 38.7 Å². The van der Waals surface area contributed by atoms with Gasteiger partial charge in [-0.15, -0.1) is 0 Å². The number of benzene rings is 1. The van der Waals surface area contributed by atoms with Crippen molar-refractivity contribution in [2.45, 2.75) is 51.1 Å². The number of amides is 2. The molecule has 31 heavy (non-hydrogen) atoms. The van der Waals surface area contributed by atoms with E-state index in [-0.39, 0.29) is 29.3 Å². The number of nitrogens with one attached hydrogen (secondary N) is 1. The van der Waals surface area contributed by atoms with Gasteiger partial charge in [-0.2, -0.15) is 5.26 Å². The number of rotatable bonds is 5. The van der Waals surface area contributed by atoms with E-state index in [1.807, 2.05) is 24.8 Å². The Bertz CT molecular complexity index is 914. The summed E-state index contributed by atoms with van der Waals surface area (Å²) in [6.07, 6.45) is 3.05. The number of carbonyl (C=O) groups is 3. The Labute approximate surface area is 186 Å². The highest BCUT2D eigenvalue weighted by Crippen LogP contribution is 2.40. The van der Waals surface area contributed by atoms with Crippen LogP contribution in [-0.4, -0.2) is 47.6 Å². The third-order valence-electron chi connectivity index (χ3n) is 5.96. The quantitative estimate of drug-likeness (QED) is 0.557. The van der Waals surface area contributed by atoms with Gasteiger partial charge in [0.25, 0.3) is 0 Å². The Morgan fingerprint density at radius 3 is 2.45 bits per heavy atom. The molecule has 8 heteroatoms. The second-order valence-corrected chi connectivity index (χ2v) is 8.94. The van der Waals surface area contributed by atoms with Crippen molar-refractivity contribution in [2.24, 2.45) is 5.92 Å². The molecular weight excluding hydrogens is 414 g/mol. The number of likely N-dealkylation sites (tertiary alicyclic amines) is 1. The molecule has 2 aliphatic rings. The molecule has 3 rings (SSSR count). The van der Waals surface area contributed by atoms with Gasteiger partial charge >= 0.3 is 5.97 Å². The normalized spacial score (nSPS) is 26.1. The van der Waals surface area contributed by atoms with Gasteiger partial charge in [-0.25, -0.2) is 0 Å². The number of nitrogens with zero attached hydrogens (tertiary/aromatic N) is 2. The monoisotopic (exact) mass is 441 g/mol. The first-order chi connectivity index (χ1) is 14.9. The minimum absolute atomic E-state index is 0.0184. The maximum atomic E-state index is 12.9. The highest BCUT2D eigenvalue weighted by molar-refractivity contribution is 8.03. The van der Waals surface area contributed by atoms with Crippen LogP contribution in [-0.2, 0) is 19.1 Å². The first-order valence-corrected chi connectivity index (χ1v) is 11.4. The van der Waals surface area contributed by atoms with Crippen LogP contribution >= 0.6 is 11.8 Å². The Hall–Kier alpha value is -2.79. The predicted molar refractivity (Wildman–Crippen MR) is 118 cm³/mol. The van der Waals surface area contributed by atoms with Gasteiger partial charge in [0.1, 0.15) is 5.92 Å². The lowest BCUT2D eigenvalue weighted by Gasteiger charge is -2.39. The number of nitriles is 1. The minimum atomic E-state index is -1.16. The molecule has 1 saturated heterocycles. The lowest BCUT2D eigenvalue weighted by atomic mass is 9.78. The molecule has 1 N–H and O–H groups in total. The lowest BCUT2D eigenvalue weighted by Crippen LogP contribution is -2.48. The molecule has 2 amide bonds. The average molecular weight is 442 g/mol. The molecule has 0 aromatic heterocycles. The maximum Gasteiger partial charge on any atom is 0.319 e. The van der Waals surface area contributed by atoms with Crippen molar-refractivity contribution in [1.29, 1.82) is 5.26 Å². The van der Waals surface area contributed by atoms with E-state index in [4.69, 9.17) is 4.74 Å². The number of hydrogen-bond acceptors (Lipinski definition) is 6. The highest BCUT2D eigenvalue weighted by Gasteiger charge is 2.44. The summed E-state index contributed by atoms with van der Waals surface area (Å²) in [5, 5.41) is 12.9. The largest absolute Gasteiger partial charge is 0.468 e. The Balaban J connectivity index is 1.90. The van der Waals surface area contributed by atoms with Crippen LogP contribution in [0.1, 0.15) is 44.6 Å². The summed E-state index contributed by atoms with van der Waals surface area (Å²) in [6, 6.07) is 11.5. The fourth-order valence-electron chi connectivity index (χ4n) is 4.46. The van der Waals surface area contributed by atoms with Crippen molar-refractivity contribution in [3.05, 3.63) is 46.5 Å². The van der Waals surface area contributed by atoms with Gasteiger partial charge in [0.2, 0.25) is 11.8 Å². The number of piperidine rings is 1. The van der Waals surface area contributed by atoms with E-state index in [1.165, 1.54) is 7.11 Å². The van der Waals surface area contributed by atoms with Crippen molar-refractivity contribution in [2.75, 3.05) is 12.9 Å². The number of ether oxygens (including phenoxy) is 1. The molecule has 0 saturated carbocycles. The van der Waals surface area contributed by atoms with Crippen molar-refractivity contribution >= 4 is 29.5 Å². The number of thioether (sulfide) groups is 1. The van der Waals surface area contributed by atoms with Crippen LogP contribution in [0.25, 0.3) is 0 Å². The molecule has 0 aliphatic carbocycles. The van der Waals surface area contributed by atoms with E-state index in [0.717, 1.165) is 31.0 Å². The summed E-state index contributed by atoms with van der Waals surface area (Å²) in [5.74, 6) is -3.07. The topological polar surface area (TPSA) is 99.5 Å². The van der Waals surface area contributed by atoms with Crippen LogP contribution in [0, 0.1) is 17.2 Å². The first-order valence-electron chi connectivity index (χ1n) is 10.4. The van der Waals surface area contributed by atoms with Gasteiger partial charge in [-0.3, -0.25) is 14.4 Å². The zero-order chi connectivity index (χ0) is 22.5. The summed E-state index contributed by atoms with van der Waals surface area (Å²) < 4.78 is 4.84. The smallest absolute Gasteiger partial charge is 0.319 e. The van der Waals surface area contributed by atoms with Gasteiger partial charge < -0.3 is 15.0 Å². The van der Waals surface area contributed by atoms with E-state index in [9.17, 15) is 19.6 Å². The number of methoxy groups -OCH3 is 1. The van der Waals surface area contributed by atoms with Gasteiger partial charge in [0, 0.05) is 18.0 Å². The summed E-state index contributed by atoms with van der Waals surface area (Å²) >= 11 is 1.14. The molecular formula is C23H27N3O4S. The average Bonchev–Trinajstić information content (AvgIpc) is 2.77. The van der Waals surface area contributed by atoms with Crippen molar-refractivity contribution in [1.82, 2.24) is 10.2 Å². The highest BCUT2D eigenvalue weighted by atomic mass is 32.2. The van der Waals surface area contributed by atoms with Crippen molar-refractivity contribution in [3.8, 4) is 6.07 Å². The number of allylic oxidation sites excluding steroid dienone is 1. The van der Waals surface area contributed by atoms with Crippen LogP contribution in [0.5, 0.6) is 0 Å². The zero-order valence-corrected chi connectivity index (χ0v) is 18.8. The molecule has 2 heterocycles. The van der Waals surface area contributed by atoms with Gasteiger partial charge in [0.05, 0.1) is 29.5 Å². The SMILES string of the molecule is COC(=O)[C@@H]1C(=O)NC(SCC(=O)N2[C@H](C)CCC[C@H]2C)=C(C#N)[C@H]1c1ccccc1. The zero-order valence-electron chi connectivity index (χ0n) is 18.0. The van der Waals surface area contributed by atoms with E-state index < -0.39 is 23.7 Å². The molecule has 0 radical (unpaired) electrons. The summed E-state index contributed by atoms with van der Waals surface area (Å²) in [5.41, 5.74) is 0.936. The Morgan fingerprint density at radius 2 is 1.87 bits per heavy atom. The van der Waals surface area contributed by atoms with Crippen LogP contribution in [0.15, 0.2) is 40.9 Å². The molecule has 7 nitrogen and oxygen atoms in total. The number of hydrogen-bond donors (Lipinski definition) is 1. The molecule has 0 bridgehead atoms. The summed E-state index contributed by atoms with van der Waals surface area (Å²) in [4.78, 5) is 40.1. The van der Waals surface area contributed by atoms with E-state index in [1.54, 1.807) is 24.3 Å². The number of esters is 1. The molecule has 1 aromatic carbocycles. The molecule has 0 spiro atoms.